The maximum atomic E-state index is 10.8. The van der Waals surface area contributed by atoms with Crippen LogP contribution in [0.2, 0.25) is 5.02 Å². The van der Waals surface area contributed by atoms with Crippen LogP contribution in [0.25, 0.3) is 0 Å². The fourth-order valence-electron chi connectivity index (χ4n) is 1.55. The van der Waals surface area contributed by atoms with Crippen molar-refractivity contribution < 1.29 is 9.66 Å². The van der Waals surface area contributed by atoms with E-state index in [1.54, 1.807) is 12.1 Å². The van der Waals surface area contributed by atoms with Gasteiger partial charge in [0.2, 0.25) is 0 Å². The second kappa shape index (κ2) is 5.82. The number of hydrogen-bond acceptors (Lipinski definition) is 3. The molecule has 0 aliphatic rings. The van der Waals surface area contributed by atoms with E-state index in [0.717, 1.165) is 0 Å². The third-order valence-electron chi connectivity index (χ3n) is 2.23. The zero-order valence-electron chi connectivity index (χ0n) is 9.27. The molecule has 0 radical (unpaired) electrons. The Kier molecular flexibility index (Phi) is 4.71. The number of nitro groups is 1. The Morgan fingerprint density at radius 2 is 2.25 bits per heavy atom. The highest BCUT2D eigenvalue weighted by Crippen LogP contribution is 2.27. The molecule has 1 aromatic carbocycles. The molecule has 0 spiro atoms. The Balaban J connectivity index is 2.97. The summed E-state index contributed by atoms with van der Waals surface area (Å²) in [6, 6.07) is 4.69. The van der Waals surface area contributed by atoms with Gasteiger partial charge in [-0.1, -0.05) is 17.7 Å². The van der Waals surface area contributed by atoms with Crippen LogP contribution < -0.4 is 0 Å². The Morgan fingerprint density at radius 3 is 2.81 bits per heavy atom. The summed E-state index contributed by atoms with van der Waals surface area (Å²) in [7, 11) is 0. The molecule has 0 fully saturated rings. The van der Waals surface area contributed by atoms with Crippen LogP contribution in [0.5, 0.6) is 0 Å². The summed E-state index contributed by atoms with van der Waals surface area (Å²) in [4.78, 5) is 10.4. The smallest absolute Gasteiger partial charge is 0.274 e. The maximum absolute atomic E-state index is 10.8. The van der Waals surface area contributed by atoms with Gasteiger partial charge in [-0.05, 0) is 19.9 Å². The quantitative estimate of drug-likeness (QED) is 0.589. The summed E-state index contributed by atoms with van der Waals surface area (Å²) < 4.78 is 5.35. The van der Waals surface area contributed by atoms with Gasteiger partial charge in [0.25, 0.3) is 5.69 Å². The minimum absolute atomic E-state index is 0.0547. The van der Waals surface area contributed by atoms with Crippen molar-refractivity contribution in [1.29, 1.82) is 0 Å². The molecule has 0 saturated carbocycles. The second-order valence-corrected chi connectivity index (χ2v) is 3.87. The summed E-state index contributed by atoms with van der Waals surface area (Å²) >= 11 is 5.96. The lowest BCUT2D eigenvalue weighted by Crippen LogP contribution is -2.12. The van der Waals surface area contributed by atoms with E-state index in [-0.39, 0.29) is 11.8 Å². The monoisotopic (exact) mass is 243 g/mol. The highest BCUT2D eigenvalue weighted by Gasteiger charge is 2.18. The van der Waals surface area contributed by atoms with Gasteiger partial charge < -0.3 is 4.74 Å². The molecule has 0 bridgehead atoms. The van der Waals surface area contributed by atoms with E-state index in [4.69, 9.17) is 16.3 Å². The third kappa shape index (κ3) is 3.18. The fraction of sp³-hybridized carbons (Fsp3) is 0.455. The van der Waals surface area contributed by atoms with Crippen LogP contribution in [0.4, 0.5) is 5.69 Å². The Bertz CT molecular complexity index is 381. The van der Waals surface area contributed by atoms with Gasteiger partial charge in [0.1, 0.15) is 0 Å². The number of benzene rings is 1. The van der Waals surface area contributed by atoms with Crippen molar-refractivity contribution >= 4 is 17.3 Å². The van der Waals surface area contributed by atoms with Crippen molar-refractivity contribution in [3.8, 4) is 0 Å². The Labute approximate surface area is 99.3 Å². The van der Waals surface area contributed by atoms with Crippen molar-refractivity contribution in [2.24, 2.45) is 0 Å². The van der Waals surface area contributed by atoms with Gasteiger partial charge in [0.15, 0.2) is 0 Å². The van der Waals surface area contributed by atoms with Crippen LogP contribution in [-0.2, 0) is 11.2 Å². The molecule has 1 unspecified atom stereocenters. The number of rotatable bonds is 5. The largest absolute Gasteiger partial charge is 0.378 e. The van der Waals surface area contributed by atoms with Crippen molar-refractivity contribution in [2.75, 3.05) is 6.61 Å². The van der Waals surface area contributed by atoms with E-state index >= 15 is 0 Å². The third-order valence-corrected chi connectivity index (χ3v) is 2.59. The van der Waals surface area contributed by atoms with Crippen molar-refractivity contribution in [1.82, 2.24) is 0 Å². The summed E-state index contributed by atoms with van der Waals surface area (Å²) in [5.74, 6) is 0. The molecule has 5 heteroatoms. The van der Waals surface area contributed by atoms with Gasteiger partial charge in [-0.2, -0.15) is 0 Å². The first kappa shape index (κ1) is 12.9. The molecular formula is C11H14ClNO3. The Hall–Kier alpha value is -1.13. The van der Waals surface area contributed by atoms with Crippen molar-refractivity contribution in [3.63, 3.8) is 0 Å². The molecule has 4 nitrogen and oxygen atoms in total. The minimum atomic E-state index is -0.417. The number of ether oxygens (including phenoxy) is 1. The molecule has 0 N–H and O–H groups in total. The lowest BCUT2D eigenvalue weighted by Gasteiger charge is -2.12. The molecule has 1 aromatic rings. The highest BCUT2D eigenvalue weighted by molar-refractivity contribution is 6.31. The molecule has 0 aliphatic carbocycles. The molecule has 0 aromatic heterocycles. The van der Waals surface area contributed by atoms with Crippen LogP contribution in [0.3, 0.4) is 0 Å². The molecule has 1 atom stereocenters. The molecule has 0 aliphatic heterocycles. The average molecular weight is 244 g/mol. The van der Waals surface area contributed by atoms with E-state index < -0.39 is 4.92 Å². The molecule has 0 saturated heterocycles. The number of hydrogen-bond donors (Lipinski definition) is 0. The molecule has 1 rings (SSSR count). The van der Waals surface area contributed by atoms with Gasteiger partial charge in [-0.15, -0.1) is 0 Å². The highest BCUT2D eigenvalue weighted by atomic mass is 35.5. The number of nitrogens with zero attached hydrogens (tertiary/aromatic N) is 1. The standard InChI is InChI=1S/C11H14ClNO3/c1-3-16-8(2)7-9-10(12)5-4-6-11(9)13(14)15/h4-6,8H,3,7H2,1-2H3. The van der Waals surface area contributed by atoms with Gasteiger partial charge in [0, 0.05) is 19.1 Å². The first-order valence-electron chi connectivity index (χ1n) is 5.09. The summed E-state index contributed by atoms with van der Waals surface area (Å²) in [6.07, 6.45) is 0.368. The van der Waals surface area contributed by atoms with Crippen LogP contribution in [0, 0.1) is 10.1 Å². The molecular weight excluding hydrogens is 230 g/mol. The summed E-state index contributed by atoms with van der Waals surface area (Å²) in [6.45, 7) is 4.34. The molecule has 16 heavy (non-hydrogen) atoms. The van der Waals surface area contributed by atoms with E-state index in [1.165, 1.54) is 6.07 Å². The van der Waals surface area contributed by atoms with E-state index in [1.807, 2.05) is 13.8 Å². The molecule has 0 amide bonds. The van der Waals surface area contributed by atoms with E-state index in [2.05, 4.69) is 0 Å². The van der Waals surface area contributed by atoms with Gasteiger partial charge >= 0.3 is 0 Å². The van der Waals surface area contributed by atoms with Gasteiger partial charge in [-0.3, -0.25) is 10.1 Å². The predicted octanol–water partition coefficient (Wildman–Crippen LogP) is 3.22. The summed E-state index contributed by atoms with van der Waals surface area (Å²) in [5.41, 5.74) is 0.592. The minimum Gasteiger partial charge on any atom is -0.378 e. The maximum Gasteiger partial charge on any atom is 0.274 e. The zero-order chi connectivity index (χ0) is 12.1. The lowest BCUT2D eigenvalue weighted by molar-refractivity contribution is -0.385. The first-order valence-corrected chi connectivity index (χ1v) is 5.47. The van der Waals surface area contributed by atoms with Crippen LogP contribution in [0.15, 0.2) is 18.2 Å². The molecule has 0 heterocycles. The Morgan fingerprint density at radius 1 is 1.56 bits per heavy atom. The first-order chi connectivity index (χ1) is 7.56. The van der Waals surface area contributed by atoms with Crippen LogP contribution >= 0.6 is 11.6 Å². The van der Waals surface area contributed by atoms with E-state index in [9.17, 15) is 10.1 Å². The lowest BCUT2D eigenvalue weighted by atomic mass is 10.1. The molecule has 88 valence electrons. The van der Waals surface area contributed by atoms with Gasteiger partial charge in [-0.25, -0.2) is 0 Å². The fourth-order valence-corrected chi connectivity index (χ4v) is 1.80. The number of halogens is 1. The van der Waals surface area contributed by atoms with Crippen molar-refractivity contribution in [3.05, 3.63) is 38.9 Å². The van der Waals surface area contributed by atoms with Crippen molar-refractivity contribution in [2.45, 2.75) is 26.4 Å². The van der Waals surface area contributed by atoms with E-state index in [0.29, 0.717) is 23.6 Å². The van der Waals surface area contributed by atoms with Gasteiger partial charge in [0.05, 0.1) is 21.6 Å². The predicted molar refractivity (Wildman–Crippen MR) is 62.9 cm³/mol. The average Bonchev–Trinajstić information content (AvgIpc) is 2.21. The topological polar surface area (TPSA) is 52.4 Å². The normalized spacial score (nSPS) is 12.4. The second-order valence-electron chi connectivity index (χ2n) is 3.46. The number of nitro benzene ring substituents is 1. The summed E-state index contributed by atoms with van der Waals surface area (Å²) in [5, 5.41) is 11.2. The van der Waals surface area contributed by atoms with Crippen LogP contribution in [-0.4, -0.2) is 17.6 Å². The van der Waals surface area contributed by atoms with Crippen LogP contribution in [0.1, 0.15) is 19.4 Å². The zero-order valence-corrected chi connectivity index (χ0v) is 10.0. The SMILES string of the molecule is CCOC(C)Cc1c(Cl)cccc1[N+](=O)[O-].